The Kier molecular flexibility index (Phi) is 4.83. The summed E-state index contributed by atoms with van der Waals surface area (Å²) in [4.78, 5) is 26.7. The Morgan fingerprint density at radius 3 is 2.68 bits per heavy atom. The lowest BCUT2D eigenvalue weighted by atomic mass is 9.97. The third-order valence-corrected chi connectivity index (χ3v) is 5.33. The van der Waals surface area contributed by atoms with E-state index in [0.717, 1.165) is 37.3 Å². The zero-order chi connectivity index (χ0) is 19.7. The molecule has 0 aliphatic carbocycles. The molecule has 1 aliphatic heterocycles. The predicted molar refractivity (Wildman–Crippen MR) is 108 cm³/mol. The van der Waals surface area contributed by atoms with Crippen molar-refractivity contribution in [3.05, 3.63) is 69.6 Å². The number of likely N-dealkylation sites (N-methyl/N-ethyl adjacent to an activating group) is 1. The van der Waals surface area contributed by atoms with Crippen LogP contribution in [-0.4, -0.2) is 38.7 Å². The van der Waals surface area contributed by atoms with Crippen LogP contribution in [-0.2, 0) is 20.0 Å². The molecule has 0 unspecified atom stereocenters. The minimum absolute atomic E-state index is 0.145. The number of nitrogens with one attached hydrogen (secondary N) is 2. The van der Waals surface area contributed by atoms with Crippen LogP contribution in [0, 0.1) is 0 Å². The fourth-order valence-corrected chi connectivity index (χ4v) is 3.63. The number of carbonyl (C=O) groups excluding carboxylic acids is 1. The molecule has 0 fully saturated rings. The molecule has 4 rings (SSSR count). The maximum atomic E-state index is 12.7. The van der Waals surface area contributed by atoms with Crippen molar-refractivity contribution in [1.29, 1.82) is 0 Å². The first-order valence-electron chi connectivity index (χ1n) is 9.43. The zero-order valence-corrected chi connectivity index (χ0v) is 16.0. The summed E-state index contributed by atoms with van der Waals surface area (Å²) in [5.41, 5.74) is 4.45. The summed E-state index contributed by atoms with van der Waals surface area (Å²) in [6, 6.07) is 13.2. The first-order valence-corrected chi connectivity index (χ1v) is 9.43. The summed E-state index contributed by atoms with van der Waals surface area (Å²) in [5.74, 6) is 0.392. The van der Waals surface area contributed by atoms with Gasteiger partial charge in [-0.3, -0.25) is 14.3 Å². The molecule has 0 radical (unpaired) electrons. The van der Waals surface area contributed by atoms with Crippen LogP contribution in [0.1, 0.15) is 28.4 Å². The zero-order valence-electron chi connectivity index (χ0n) is 16.0. The topological polar surface area (TPSA) is 83.0 Å². The molecule has 2 heterocycles. The van der Waals surface area contributed by atoms with Gasteiger partial charge in [0.25, 0.3) is 5.91 Å². The summed E-state index contributed by atoms with van der Waals surface area (Å²) in [7, 11) is 1.65. The molecule has 0 saturated carbocycles. The van der Waals surface area contributed by atoms with Gasteiger partial charge in [-0.1, -0.05) is 31.2 Å². The number of nitrogens with zero attached hydrogens (tertiary/aromatic N) is 3. The molecule has 1 aliphatic rings. The number of carbonyl (C=O) groups is 1. The summed E-state index contributed by atoms with van der Waals surface area (Å²) >= 11 is 0. The molecular formula is C21H23N5O2. The Morgan fingerprint density at radius 1 is 1.21 bits per heavy atom. The number of hydrogen-bond donors (Lipinski definition) is 2. The number of fused-ring (bicyclic) bond motifs is 1. The smallest absolute Gasteiger partial charge is 0.322 e. The van der Waals surface area contributed by atoms with E-state index in [0.29, 0.717) is 11.4 Å². The number of hydrogen-bond acceptors (Lipinski definition) is 4. The van der Waals surface area contributed by atoms with Gasteiger partial charge in [-0.05, 0) is 42.3 Å². The molecule has 0 bridgehead atoms. The molecule has 144 valence electrons. The lowest BCUT2D eigenvalue weighted by Gasteiger charge is -2.29. The number of aromatic amines is 1. The molecule has 7 nitrogen and oxygen atoms in total. The van der Waals surface area contributed by atoms with Crippen LogP contribution < -0.4 is 11.0 Å². The van der Waals surface area contributed by atoms with E-state index in [1.165, 1.54) is 15.7 Å². The molecule has 1 amide bonds. The standard InChI is InChI=1S/C21H23N5O2/c1-3-26-12-11-17-16(13-26)5-4-6-18(17)22-20(27)15-9-7-14(8-10-15)19-23-24-21(28)25(19)2/h4-10H,3,11-13H2,1-2H3,(H,22,27)(H,24,28). The maximum absolute atomic E-state index is 12.7. The van der Waals surface area contributed by atoms with Gasteiger partial charge in [0, 0.05) is 37.0 Å². The third-order valence-electron chi connectivity index (χ3n) is 5.33. The first-order chi connectivity index (χ1) is 13.6. The molecule has 28 heavy (non-hydrogen) atoms. The van der Waals surface area contributed by atoms with Gasteiger partial charge in [-0.2, -0.15) is 5.10 Å². The largest absolute Gasteiger partial charge is 0.343 e. The average molecular weight is 377 g/mol. The van der Waals surface area contributed by atoms with Crippen molar-refractivity contribution in [3.8, 4) is 11.4 Å². The van der Waals surface area contributed by atoms with Crippen molar-refractivity contribution in [2.45, 2.75) is 19.9 Å². The number of rotatable bonds is 4. The molecule has 0 saturated heterocycles. The number of anilines is 1. The van der Waals surface area contributed by atoms with Crippen LogP contribution in [0.2, 0.25) is 0 Å². The van der Waals surface area contributed by atoms with E-state index in [1.807, 2.05) is 12.1 Å². The van der Waals surface area contributed by atoms with E-state index in [2.05, 4.69) is 33.4 Å². The number of aromatic nitrogens is 3. The summed E-state index contributed by atoms with van der Waals surface area (Å²) in [6.07, 6.45) is 0.936. The highest BCUT2D eigenvalue weighted by atomic mass is 16.2. The van der Waals surface area contributed by atoms with Gasteiger partial charge in [-0.25, -0.2) is 9.89 Å². The third kappa shape index (κ3) is 3.36. The van der Waals surface area contributed by atoms with Gasteiger partial charge in [0.15, 0.2) is 5.82 Å². The van der Waals surface area contributed by atoms with Crippen molar-refractivity contribution in [1.82, 2.24) is 19.7 Å². The minimum atomic E-state index is -0.271. The molecule has 2 N–H and O–H groups in total. The highest BCUT2D eigenvalue weighted by Gasteiger charge is 2.19. The SMILES string of the molecule is CCN1CCc2c(cccc2NC(=O)c2ccc(-c3n[nH]c(=O)n3C)cc2)C1. The van der Waals surface area contributed by atoms with E-state index in [1.54, 1.807) is 31.3 Å². The Labute approximate surface area is 163 Å². The van der Waals surface area contributed by atoms with Gasteiger partial charge in [-0.15, -0.1) is 0 Å². The summed E-state index contributed by atoms with van der Waals surface area (Å²) in [6.45, 7) is 5.13. The molecule has 2 aromatic carbocycles. The van der Waals surface area contributed by atoms with Crippen molar-refractivity contribution >= 4 is 11.6 Å². The molecule has 3 aromatic rings. The number of benzene rings is 2. The van der Waals surface area contributed by atoms with E-state index in [-0.39, 0.29) is 11.6 Å². The molecule has 0 spiro atoms. The quantitative estimate of drug-likeness (QED) is 0.731. The minimum Gasteiger partial charge on any atom is -0.322 e. The predicted octanol–water partition coefficient (Wildman–Crippen LogP) is 2.41. The van der Waals surface area contributed by atoms with Crippen LogP contribution in [0.5, 0.6) is 0 Å². The van der Waals surface area contributed by atoms with Gasteiger partial charge in [0.05, 0.1) is 0 Å². The highest BCUT2D eigenvalue weighted by molar-refractivity contribution is 6.05. The lowest BCUT2D eigenvalue weighted by molar-refractivity contribution is 0.102. The Morgan fingerprint density at radius 2 is 2.00 bits per heavy atom. The van der Waals surface area contributed by atoms with Crippen molar-refractivity contribution in [2.75, 3.05) is 18.4 Å². The van der Waals surface area contributed by atoms with Gasteiger partial charge >= 0.3 is 5.69 Å². The van der Waals surface area contributed by atoms with Crippen LogP contribution in [0.4, 0.5) is 5.69 Å². The molecule has 1 aromatic heterocycles. The maximum Gasteiger partial charge on any atom is 0.343 e. The molecule has 7 heteroatoms. The number of H-pyrrole nitrogens is 1. The fraction of sp³-hybridized carbons (Fsp3) is 0.286. The second kappa shape index (κ2) is 7.44. The monoisotopic (exact) mass is 377 g/mol. The Hall–Kier alpha value is -3.19. The first kappa shape index (κ1) is 18.2. The van der Waals surface area contributed by atoms with E-state index in [4.69, 9.17) is 0 Å². The molecular weight excluding hydrogens is 354 g/mol. The average Bonchev–Trinajstić information content (AvgIpc) is 3.06. The lowest BCUT2D eigenvalue weighted by Crippen LogP contribution is -2.31. The van der Waals surface area contributed by atoms with Crippen molar-refractivity contribution in [2.24, 2.45) is 7.05 Å². The van der Waals surface area contributed by atoms with E-state index < -0.39 is 0 Å². The van der Waals surface area contributed by atoms with E-state index in [9.17, 15) is 9.59 Å². The highest BCUT2D eigenvalue weighted by Crippen LogP contribution is 2.26. The van der Waals surface area contributed by atoms with Crippen LogP contribution >= 0.6 is 0 Å². The van der Waals surface area contributed by atoms with Gasteiger partial charge < -0.3 is 5.32 Å². The van der Waals surface area contributed by atoms with Crippen LogP contribution in [0.25, 0.3) is 11.4 Å². The van der Waals surface area contributed by atoms with E-state index >= 15 is 0 Å². The summed E-state index contributed by atoms with van der Waals surface area (Å²) < 4.78 is 1.44. The number of amides is 1. The van der Waals surface area contributed by atoms with Crippen LogP contribution in [0.3, 0.4) is 0 Å². The van der Waals surface area contributed by atoms with Gasteiger partial charge in [0.1, 0.15) is 0 Å². The Balaban J connectivity index is 1.53. The fourth-order valence-electron chi connectivity index (χ4n) is 3.63. The normalized spacial score (nSPS) is 13.9. The second-order valence-electron chi connectivity index (χ2n) is 7.00. The van der Waals surface area contributed by atoms with Gasteiger partial charge in [0.2, 0.25) is 0 Å². The molecule has 0 atom stereocenters. The summed E-state index contributed by atoms with van der Waals surface area (Å²) in [5, 5.41) is 9.49. The Bertz CT molecular complexity index is 1070. The van der Waals surface area contributed by atoms with Crippen molar-refractivity contribution in [3.63, 3.8) is 0 Å². The van der Waals surface area contributed by atoms with Crippen LogP contribution in [0.15, 0.2) is 47.3 Å². The van der Waals surface area contributed by atoms with Crippen molar-refractivity contribution < 1.29 is 4.79 Å². The second-order valence-corrected chi connectivity index (χ2v) is 7.00.